The number of para-hydroxylation sites is 1. The largest absolute Gasteiger partial charge is 0.480 e. The zero-order valence-corrected chi connectivity index (χ0v) is 12.3. The fourth-order valence-electron chi connectivity index (χ4n) is 2.47. The molecule has 0 saturated carbocycles. The van der Waals surface area contributed by atoms with E-state index < -0.39 is 12.0 Å². The van der Waals surface area contributed by atoms with Crippen LogP contribution in [0.4, 0.5) is 10.5 Å². The van der Waals surface area contributed by atoms with Crippen LogP contribution in [0.25, 0.3) is 0 Å². The van der Waals surface area contributed by atoms with Crippen molar-refractivity contribution >= 4 is 17.7 Å². The molecule has 1 aliphatic rings. The molecule has 1 heterocycles. The molecule has 1 N–H and O–H groups in total. The predicted octanol–water partition coefficient (Wildman–Crippen LogP) is 1.73. The van der Waals surface area contributed by atoms with Crippen molar-refractivity contribution in [3.8, 4) is 0 Å². The fraction of sp³-hybridized carbons (Fsp3) is 0.467. The molecular weight excluding hydrogens is 272 g/mol. The Morgan fingerprint density at radius 1 is 1.43 bits per heavy atom. The van der Waals surface area contributed by atoms with Crippen LogP contribution in [-0.2, 0) is 9.53 Å². The van der Waals surface area contributed by atoms with E-state index in [1.54, 1.807) is 4.90 Å². The average molecular weight is 292 g/mol. The van der Waals surface area contributed by atoms with Crippen molar-refractivity contribution in [1.29, 1.82) is 0 Å². The zero-order valence-electron chi connectivity index (χ0n) is 12.3. The molecule has 0 aromatic heterocycles. The minimum Gasteiger partial charge on any atom is -0.480 e. The van der Waals surface area contributed by atoms with Crippen LogP contribution in [0.1, 0.15) is 12.5 Å². The van der Waals surface area contributed by atoms with E-state index in [4.69, 9.17) is 4.74 Å². The number of urea groups is 1. The molecule has 0 spiro atoms. The Bertz CT molecular complexity index is 532. The number of carbonyl (C=O) groups excluding carboxylic acids is 1. The van der Waals surface area contributed by atoms with E-state index in [0.717, 1.165) is 11.3 Å². The highest BCUT2D eigenvalue weighted by Crippen LogP contribution is 2.22. The van der Waals surface area contributed by atoms with Gasteiger partial charge in [0.05, 0.1) is 13.2 Å². The first-order valence-corrected chi connectivity index (χ1v) is 7.00. The van der Waals surface area contributed by atoms with Gasteiger partial charge in [-0.25, -0.2) is 9.59 Å². The van der Waals surface area contributed by atoms with Gasteiger partial charge in [0, 0.05) is 18.8 Å². The monoisotopic (exact) mass is 292 g/mol. The molecule has 2 rings (SSSR count). The normalized spacial score (nSPS) is 18.4. The van der Waals surface area contributed by atoms with Gasteiger partial charge in [0.1, 0.15) is 0 Å². The molecule has 21 heavy (non-hydrogen) atoms. The SMILES string of the molecule is CCN(C(=O)N1CCOCC1C(=O)O)c1ccccc1C. The Balaban J connectivity index is 2.27. The fourth-order valence-corrected chi connectivity index (χ4v) is 2.47. The summed E-state index contributed by atoms with van der Waals surface area (Å²) in [5, 5.41) is 9.24. The van der Waals surface area contributed by atoms with Gasteiger partial charge in [-0.2, -0.15) is 0 Å². The number of hydrogen-bond donors (Lipinski definition) is 1. The maximum atomic E-state index is 12.7. The molecule has 6 heteroatoms. The summed E-state index contributed by atoms with van der Waals surface area (Å²) in [4.78, 5) is 27.0. The molecule has 1 saturated heterocycles. The standard InChI is InChI=1S/C15H20N2O4/c1-3-16(12-7-5-4-6-11(12)2)15(20)17-8-9-21-10-13(17)14(18)19/h4-7,13H,3,8-10H2,1-2H3,(H,18,19). The summed E-state index contributed by atoms with van der Waals surface area (Å²) in [6.07, 6.45) is 0. The van der Waals surface area contributed by atoms with Crippen molar-refractivity contribution in [2.45, 2.75) is 19.9 Å². The Morgan fingerprint density at radius 2 is 2.14 bits per heavy atom. The molecule has 114 valence electrons. The van der Waals surface area contributed by atoms with E-state index in [9.17, 15) is 14.7 Å². The molecule has 1 fully saturated rings. The average Bonchev–Trinajstić information content (AvgIpc) is 2.49. The first-order valence-electron chi connectivity index (χ1n) is 7.00. The number of aryl methyl sites for hydroxylation is 1. The van der Waals surface area contributed by atoms with Gasteiger partial charge in [-0.3, -0.25) is 4.90 Å². The second kappa shape index (κ2) is 6.58. The van der Waals surface area contributed by atoms with E-state index in [1.165, 1.54) is 4.90 Å². The molecule has 6 nitrogen and oxygen atoms in total. The van der Waals surface area contributed by atoms with Crippen LogP contribution >= 0.6 is 0 Å². The van der Waals surface area contributed by atoms with E-state index >= 15 is 0 Å². The van der Waals surface area contributed by atoms with Gasteiger partial charge < -0.3 is 14.7 Å². The molecule has 0 aliphatic carbocycles. The number of hydrogen-bond acceptors (Lipinski definition) is 3. The lowest BCUT2D eigenvalue weighted by atomic mass is 10.1. The smallest absolute Gasteiger partial charge is 0.328 e. The number of rotatable bonds is 3. The van der Waals surface area contributed by atoms with Crippen molar-refractivity contribution in [2.75, 3.05) is 31.2 Å². The van der Waals surface area contributed by atoms with Gasteiger partial charge in [0.2, 0.25) is 0 Å². The van der Waals surface area contributed by atoms with Gasteiger partial charge in [-0.15, -0.1) is 0 Å². The third-order valence-corrected chi connectivity index (χ3v) is 3.61. The third kappa shape index (κ3) is 3.16. The van der Waals surface area contributed by atoms with Gasteiger partial charge in [0.25, 0.3) is 0 Å². The van der Waals surface area contributed by atoms with Crippen LogP contribution in [0.5, 0.6) is 0 Å². The Kier molecular flexibility index (Phi) is 4.80. The van der Waals surface area contributed by atoms with Crippen LogP contribution in [-0.4, -0.2) is 54.4 Å². The second-order valence-corrected chi connectivity index (χ2v) is 4.94. The molecule has 1 unspecified atom stereocenters. The number of nitrogens with zero attached hydrogens (tertiary/aromatic N) is 2. The molecular formula is C15H20N2O4. The van der Waals surface area contributed by atoms with Gasteiger partial charge in [0.15, 0.2) is 6.04 Å². The van der Waals surface area contributed by atoms with Crippen molar-refractivity contribution in [1.82, 2.24) is 4.90 Å². The minimum absolute atomic E-state index is 0.0341. The molecule has 1 aliphatic heterocycles. The highest BCUT2D eigenvalue weighted by Gasteiger charge is 2.35. The highest BCUT2D eigenvalue weighted by molar-refractivity contribution is 5.95. The summed E-state index contributed by atoms with van der Waals surface area (Å²) < 4.78 is 5.17. The Hall–Kier alpha value is -2.08. The van der Waals surface area contributed by atoms with Gasteiger partial charge >= 0.3 is 12.0 Å². The number of carboxylic acids is 1. The van der Waals surface area contributed by atoms with Crippen LogP contribution in [0.15, 0.2) is 24.3 Å². The van der Waals surface area contributed by atoms with Crippen molar-refractivity contribution in [3.63, 3.8) is 0 Å². The lowest BCUT2D eigenvalue weighted by Crippen LogP contribution is -2.56. The zero-order chi connectivity index (χ0) is 15.4. The summed E-state index contributed by atoms with van der Waals surface area (Å²) in [7, 11) is 0. The first-order chi connectivity index (χ1) is 10.1. The summed E-state index contributed by atoms with van der Waals surface area (Å²) in [6.45, 7) is 4.97. The lowest BCUT2D eigenvalue weighted by Gasteiger charge is -2.36. The molecule has 1 atom stereocenters. The summed E-state index contributed by atoms with van der Waals surface area (Å²) in [5.74, 6) is -1.04. The number of aliphatic carboxylic acids is 1. The number of ether oxygens (including phenoxy) is 1. The van der Waals surface area contributed by atoms with Crippen molar-refractivity contribution < 1.29 is 19.4 Å². The Labute approximate surface area is 123 Å². The quantitative estimate of drug-likeness (QED) is 0.921. The summed E-state index contributed by atoms with van der Waals surface area (Å²) in [6, 6.07) is 6.36. The number of carboxylic acid groups (broad SMARTS) is 1. The van der Waals surface area contributed by atoms with E-state index in [2.05, 4.69) is 0 Å². The predicted molar refractivity (Wildman–Crippen MR) is 78.5 cm³/mol. The van der Waals surface area contributed by atoms with E-state index in [-0.39, 0.29) is 19.2 Å². The number of anilines is 1. The summed E-state index contributed by atoms with van der Waals surface area (Å²) in [5.41, 5.74) is 1.79. The number of benzene rings is 1. The Morgan fingerprint density at radius 3 is 2.76 bits per heavy atom. The molecule has 0 radical (unpaired) electrons. The maximum absolute atomic E-state index is 12.7. The van der Waals surface area contributed by atoms with E-state index in [0.29, 0.717) is 13.2 Å². The van der Waals surface area contributed by atoms with Crippen LogP contribution in [0, 0.1) is 6.92 Å². The maximum Gasteiger partial charge on any atom is 0.328 e. The van der Waals surface area contributed by atoms with E-state index in [1.807, 2.05) is 38.1 Å². The molecule has 0 bridgehead atoms. The van der Waals surface area contributed by atoms with Crippen molar-refractivity contribution in [2.24, 2.45) is 0 Å². The third-order valence-electron chi connectivity index (χ3n) is 3.61. The topological polar surface area (TPSA) is 70.1 Å². The lowest BCUT2D eigenvalue weighted by molar-refractivity contribution is -0.147. The first kappa shape index (κ1) is 15.3. The number of amides is 2. The van der Waals surface area contributed by atoms with Crippen molar-refractivity contribution in [3.05, 3.63) is 29.8 Å². The number of carbonyl (C=O) groups is 2. The van der Waals surface area contributed by atoms with Gasteiger partial charge in [-0.1, -0.05) is 18.2 Å². The highest BCUT2D eigenvalue weighted by atomic mass is 16.5. The van der Waals surface area contributed by atoms with Crippen LogP contribution in [0.2, 0.25) is 0 Å². The minimum atomic E-state index is -1.04. The second-order valence-electron chi connectivity index (χ2n) is 4.94. The van der Waals surface area contributed by atoms with Crippen LogP contribution < -0.4 is 4.90 Å². The molecule has 2 amide bonds. The molecule has 1 aromatic carbocycles. The number of morpholine rings is 1. The summed E-state index contributed by atoms with van der Waals surface area (Å²) >= 11 is 0. The van der Waals surface area contributed by atoms with Gasteiger partial charge in [-0.05, 0) is 25.5 Å². The molecule has 1 aromatic rings. The van der Waals surface area contributed by atoms with Crippen LogP contribution in [0.3, 0.4) is 0 Å².